The summed E-state index contributed by atoms with van der Waals surface area (Å²) in [5.74, 6) is 1.42. The Hall–Kier alpha value is -1.55. The fourth-order valence-corrected chi connectivity index (χ4v) is 3.92. The first-order valence-electron chi connectivity index (χ1n) is 10.0. The molecule has 4 heteroatoms. The maximum Gasteiger partial charge on any atom is 0.256 e. The molecular weight excluding hydrogens is 326 g/mol. The van der Waals surface area contributed by atoms with Gasteiger partial charge in [0.05, 0.1) is 6.10 Å². The Morgan fingerprint density at radius 1 is 1.31 bits per heavy atom. The number of hydrogen-bond donors (Lipinski definition) is 1. The number of anilines is 1. The summed E-state index contributed by atoms with van der Waals surface area (Å²) >= 11 is 0. The number of amides is 1. The quantitative estimate of drug-likeness (QED) is 0.707. The average molecular weight is 362 g/mol. The van der Waals surface area contributed by atoms with Crippen molar-refractivity contribution in [1.82, 2.24) is 0 Å². The van der Waals surface area contributed by atoms with Gasteiger partial charge in [-0.05, 0) is 82.6 Å². The van der Waals surface area contributed by atoms with Crippen molar-refractivity contribution >= 4 is 11.6 Å². The van der Waals surface area contributed by atoms with Crippen molar-refractivity contribution in [3.05, 3.63) is 23.3 Å². The number of aryl methyl sites for hydroxylation is 2. The summed E-state index contributed by atoms with van der Waals surface area (Å²) in [6.45, 7) is 13.0. The molecule has 0 bridgehead atoms. The fourth-order valence-electron chi connectivity index (χ4n) is 3.92. The summed E-state index contributed by atoms with van der Waals surface area (Å²) in [6, 6.07) is 3.99. The molecule has 0 unspecified atom stereocenters. The Labute approximate surface area is 158 Å². The second kappa shape index (κ2) is 8.90. The van der Waals surface area contributed by atoms with E-state index in [2.05, 4.69) is 26.1 Å². The van der Waals surface area contributed by atoms with Crippen molar-refractivity contribution in [1.29, 1.82) is 0 Å². The standard InChI is InChI=1S/C22H35NO3/c1-7-18(6)26-20-16(4)12-19(13-17(20)5)23-21(24)22(25-8-2)11-9-10-15(3)14-22/h12-13,15,18H,7-11,14H2,1-6H3,(H,23,24)/t15-,18-,22-/m1/s1. The third-order valence-electron chi connectivity index (χ3n) is 5.40. The van der Waals surface area contributed by atoms with E-state index in [4.69, 9.17) is 9.47 Å². The van der Waals surface area contributed by atoms with Crippen LogP contribution in [0, 0.1) is 19.8 Å². The summed E-state index contributed by atoms with van der Waals surface area (Å²) in [4.78, 5) is 13.1. The van der Waals surface area contributed by atoms with E-state index >= 15 is 0 Å². The maximum absolute atomic E-state index is 13.1. The van der Waals surface area contributed by atoms with Gasteiger partial charge in [-0.1, -0.05) is 20.3 Å². The largest absolute Gasteiger partial charge is 0.490 e. The van der Waals surface area contributed by atoms with Crippen LogP contribution in [0.3, 0.4) is 0 Å². The number of carbonyl (C=O) groups is 1. The molecule has 1 aliphatic rings. The summed E-state index contributed by atoms with van der Waals surface area (Å²) in [5, 5.41) is 3.11. The molecule has 1 aromatic carbocycles. The van der Waals surface area contributed by atoms with Crippen LogP contribution >= 0.6 is 0 Å². The zero-order chi connectivity index (χ0) is 19.3. The van der Waals surface area contributed by atoms with Crippen LogP contribution in [0.2, 0.25) is 0 Å². The van der Waals surface area contributed by atoms with Crippen LogP contribution in [0.4, 0.5) is 5.69 Å². The first-order chi connectivity index (χ1) is 12.3. The molecule has 1 N–H and O–H groups in total. The minimum atomic E-state index is -0.694. The molecule has 0 radical (unpaired) electrons. The Balaban J connectivity index is 2.19. The fraction of sp³-hybridized carbons (Fsp3) is 0.682. The molecule has 1 aliphatic carbocycles. The highest BCUT2D eigenvalue weighted by Crippen LogP contribution is 2.37. The molecule has 1 aromatic rings. The predicted molar refractivity (Wildman–Crippen MR) is 107 cm³/mol. The maximum atomic E-state index is 13.1. The second-order valence-electron chi connectivity index (χ2n) is 7.86. The molecule has 0 saturated heterocycles. The van der Waals surface area contributed by atoms with Gasteiger partial charge >= 0.3 is 0 Å². The van der Waals surface area contributed by atoms with E-state index in [1.54, 1.807) is 0 Å². The zero-order valence-electron chi connectivity index (χ0n) is 17.3. The lowest BCUT2D eigenvalue weighted by molar-refractivity contribution is -0.147. The SMILES string of the molecule is CCO[C@]1(C(=O)Nc2cc(C)c(O[C@H](C)CC)c(C)c2)CCC[C@@H](C)C1. The predicted octanol–water partition coefficient (Wildman–Crippen LogP) is 5.40. The molecule has 4 nitrogen and oxygen atoms in total. The van der Waals surface area contributed by atoms with E-state index in [-0.39, 0.29) is 12.0 Å². The molecule has 1 amide bonds. The van der Waals surface area contributed by atoms with Crippen LogP contribution in [-0.4, -0.2) is 24.2 Å². The van der Waals surface area contributed by atoms with Crippen LogP contribution in [0.15, 0.2) is 12.1 Å². The number of carbonyl (C=O) groups excluding carboxylic acids is 1. The van der Waals surface area contributed by atoms with Crippen molar-refractivity contribution in [3.8, 4) is 5.75 Å². The summed E-state index contributed by atoms with van der Waals surface area (Å²) in [6.07, 6.45) is 4.94. The van der Waals surface area contributed by atoms with Gasteiger partial charge in [-0.3, -0.25) is 4.79 Å². The van der Waals surface area contributed by atoms with Gasteiger partial charge in [0.15, 0.2) is 0 Å². The van der Waals surface area contributed by atoms with Gasteiger partial charge in [-0.15, -0.1) is 0 Å². The van der Waals surface area contributed by atoms with E-state index in [1.807, 2.05) is 32.9 Å². The Morgan fingerprint density at radius 2 is 1.96 bits per heavy atom. The van der Waals surface area contributed by atoms with Crippen molar-refractivity contribution in [2.75, 3.05) is 11.9 Å². The van der Waals surface area contributed by atoms with Gasteiger partial charge < -0.3 is 14.8 Å². The number of benzene rings is 1. The number of hydrogen-bond acceptors (Lipinski definition) is 3. The third kappa shape index (κ3) is 4.79. The van der Waals surface area contributed by atoms with E-state index in [0.29, 0.717) is 12.5 Å². The van der Waals surface area contributed by atoms with Crippen LogP contribution in [0.5, 0.6) is 5.75 Å². The molecule has 1 fully saturated rings. The first-order valence-corrected chi connectivity index (χ1v) is 10.0. The molecule has 3 atom stereocenters. The second-order valence-corrected chi connectivity index (χ2v) is 7.86. The summed E-state index contributed by atoms with van der Waals surface area (Å²) < 4.78 is 12.0. The van der Waals surface area contributed by atoms with E-state index in [1.165, 1.54) is 6.42 Å². The number of nitrogens with one attached hydrogen (secondary N) is 1. The minimum absolute atomic E-state index is 0.0136. The molecule has 0 heterocycles. The zero-order valence-corrected chi connectivity index (χ0v) is 17.3. The smallest absolute Gasteiger partial charge is 0.256 e. The Morgan fingerprint density at radius 3 is 2.50 bits per heavy atom. The molecule has 0 aromatic heterocycles. The normalized spacial score (nSPS) is 24.2. The molecule has 2 rings (SSSR count). The topological polar surface area (TPSA) is 47.6 Å². The van der Waals surface area contributed by atoms with E-state index in [9.17, 15) is 4.79 Å². The average Bonchev–Trinajstić information content (AvgIpc) is 2.58. The van der Waals surface area contributed by atoms with Gasteiger partial charge in [-0.2, -0.15) is 0 Å². The van der Waals surface area contributed by atoms with Crippen LogP contribution in [0.25, 0.3) is 0 Å². The molecule has 0 aliphatic heterocycles. The Kier molecular flexibility index (Phi) is 7.10. The Bertz CT molecular complexity index is 601. The lowest BCUT2D eigenvalue weighted by atomic mass is 9.78. The minimum Gasteiger partial charge on any atom is -0.490 e. The molecule has 1 saturated carbocycles. The van der Waals surface area contributed by atoms with E-state index in [0.717, 1.165) is 48.2 Å². The van der Waals surface area contributed by atoms with E-state index < -0.39 is 5.60 Å². The van der Waals surface area contributed by atoms with Gasteiger partial charge in [0, 0.05) is 12.3 Å². The highest BCUT2D eigenvalue weighted by Gasteiger charge is 2.42. The van der Waals surface area contributed by atoms with Gasteiger partial charge in [0.2, 0.25) is 0 Å². The van der Waals surface area contributed by atoms with Crippen LogP contribution in [0.1, 0.15) is 70.9 Å². The third-order valence-corrected chi connectivity index (χ3v) is 5.40. The molecule has 0 spiro atoms. The van der Waals surface area contributed by atoms with Gasteiger partial charge in [-0.25, -0.2) is 0 Å². The number of ether oxygens (including phenoxy) is 2. The van der Waals surface area contributed by atoms with Crippen molar-refractivity contribution in [3.63, 3.8) is 0 Å². The van der Waals surface area contributed by atoms with Crippen LogP contribution < -0.4 is 10.1 Å². The van der Waals surface area contributed by atoms with Crippen molar-refractivity contribution < 1.29 is 14.3 Å². The lowest BCUT2D eigenvalue weighted by Gasteiger charge is -2.38. The van der Waals surface area contributed by atoms with Gasteiger partial charge in [0.1, 0.15) is 11.4 Å². The summed E-state index contributed by atoms with van der Waals surface area (Å²) in [7, 11) is 0. The monoisotopic (exact) mass is 361 g/mol. The molecular formula is C22H35NO3. The lowest BCUT2D eigenvalue weighted by Crippen LogP contribution is -2.48. The highest BCUT2D eigenvalue weighted by atomic mass is 16.5. The number of rotatable bonds is 7. The highest BCUT2D eigenvalue weighted by molar-refractivity contribution is 5.97. The van der Waals surface area contributed by atoms with Gasteiger partial charge in [0.25, 0.3) is 5.91 Å². The molecule has 146 valence electrons. The van der Waals surface area contributed by atoms with Crippen molar-refractivity contribution in [2.45, 2.75) is 85.4 Å². The molecule has 26 heavy (non-hydrogen) atoms. The van der Waals surface area contributed by atoms with Crippen LogP contribution in [-0.2, 0) is 9.53 Å². The summed E-state index contributed by atoms with van der Waals surface area (Å²) in [5.41, 5.74) is 2.21. The van der Waals surface area contributed by atoms with Crippen molar-refractivity contribution in [2.24, 2.45) is 5.92 Å². The first kappa shape index (κ1) is 20.8.